The van der Waals surface area contributed by atoms with E-state index in [4.69, 9.17) is 28.4 Å². The summed E-state index contributed by atoms with van der Waals surface area (Å²) in [5, 5.41) is 32.4. The maximum absolute atomic E-state index is 11.0. The summed E-state index contributed by atoms with van der Waals surface area (Å²) < 4.78 is 35.0. The molecule has 8 rings (SSSR count). The molecule has 2 aliphatic heterocycles. The highest BCUT2D eigenvalue weighted by Gasteiger charge is 2.17. The molecule has 2 aliphatic rings. The maximum Gasteiger partial charge on any atom is 0.269 e. The Hall–Kier alpha value is -5.94. The van der Waals surface area contributed by atoms with E-state index >= 15 is 0 Å². The minimum atomic E-state index is -0.436. The summed E-state index contributed by atoms with van der Waals surface area (Å²) in [5.41, 5.74) is 5.77. The summed E-state index contributed by atoms with van der Waals surface area (Å²) in [6, 6.07) is 21.6. The quantitative estimate of drug-likeness (QED) is 0.0512. The lowest BCUT2D eigenvalue weighted by atomic mass is 10.1. The van der Waals surface area contributed by atoms with Crippen molar-refractivity contribution in [2.24, 2.45) is 0 Å². The fourth-order valence-electron chi connectivity index (χ4n) is 7.68. The summed E-state index contributed by atoms with van der Waals surface area (Å²) in [7, 11) is 0. The molecule has 0 aliphatic carbocycles. The van der Waals surface area contributed by atoms with Gasteiger partial charge in [-0.1, -0.05) is 17.7 Å². The molecular weight excluding hydrogens is 819 g/mol. The first-order valence-electron chi connectivity index (χ1n) is 21.8. The minimum Gasteiger partial charge on any atom is -0.493 e. The largest absolute Gasteiger partial charge is 0.493 e. The number of aryl methyl sites for hydroxylation is 3. The van der Waals surface area contributed by atoms with Crippen LogP contribution in [0.3, 0.4) is 0 Å². The second-order valence-corrected chi connectivity index (χ2v) is 15.9. The molecule has 4 aromatic carbocycles. The number of aliphatic hydroxyl groups excluding tert-OH is 2. The highest BCUT2D eigenvalue weighted by atomic mass is 16.6. The Morgan fingerprint density at radius 2 is 1.08 bits per heavy atom. The third-order valence-electron chi connectivity index (χ3n) is 11.2. The van der Waals surface area contributed by atoms with Crippen LogP contribution >= 0.6 is 0 Å². The summed E-state index contributed by atoms with van der Waals surface area (Å²) in [6.07, 6.45) is 5.17. The third kappa shape index (κ3) is 12.2. The number of ether oxygens (including phenoxy) is 6. The fraction of sp³-hybridized carbons (Fsp3) is 0.388. The third-order valence-corrected chi connectivity index (χ3v) is 11.2. The first-order chi connectivity index (χ1) is 31.2. The Kier molecular flexibility index (Phi) is 16.3. The molecule has 0 spiro atoms. The molecule has 15 nitrogen and oxygen atoms in total. The van der Waals surface area contributed by atoms with Crippen molar-refractivity contribution in [3.63, 3.8) is 0 Å². The van der Waals surface area contributed by atoms with Gasteiger partial charge in [0.2, 0.25) is 0 Å². The lowest BCUT2D eigenvalue weighted by molar-refractivity contribution is -0.384. The van der Waals surface area contributed by atoms with Gasteiger partial charge < -0.3 is 38.6 Å². The zero-order valence-electron chi connectivity index (χ0n) is 36.8. The van der Waals surface area contributed by atoms with Crippen molar-refractivity contribution in [3.05, 3.63) is 123 Å². The Labute approximate surface area is 373 Å². The smallest absolute Gasteiger partial charge is 0.269 e. The van der Waals surface area contributed by atoms with Crippen LogP contribution in [-0.4, -0.2) is 114 Å². The molecule has 0 bridgehead atoms. The normalized spacial score (nSPS) is 14.5. The lowest BCUT2D eigenvalue weighted by Crippen LogP contribution is -2.37. The van der Waals surface area contributed by atoms with Crippen LogP contribution in [0.1, 0.15) is 40.7 Å². The summed E-state index contributed by atoms with van der Waals surface area (Å²) in [4.78, 5) is 24.2. The topological polar surface area (TPSA) is 171 Å². The minimum absolute atomic E-state index is 0.0115. The number of morpholine rings is 2. The molecule has 0 atom stereocenters. The first kappa shape index (κ1) is 46.1. The van der Waals surface area contributed by atoms with Gasteiger partial charge in [0.25, 0.3) is 5.69 Å². The van der Waals surface area contributed by atoms with E-state index < -0.39 is 4.92 Å². The van der Waals surface area contributed by atoms with E-state index in [9.17, 15) is 20.3 Å². The standard InChI is InChI=1S/C25H30N2O4.C24H27N3O6/c1-18-4-5-23(19(2)14-18)31-24-6-7-26-22-16-25(20(17-28)15-21(22)24)30-11-3-8-27-9-12-29-13-10-27;1-17-13-19(27(29)30)3-4-22(17)33-23-5-6-25-21-15-24(18(16-28)14-20(21)23)32-10-2-7-26-8-11-31-12-9-26/h4-7,14-16,28H,3,8-13,17H2,1-2H3;3-6,13-15,28H,2,7-12,16H2,1H3. The van der Waals surface area contributed by atoms with Crippen molar-refractivity contribution in [1.82, 2.24) is 19.8 Å². The van der Waals surface area contributed by atoms with Crippen molar-refractivity contribution in [2.45, 2.75) is 46.8 Å². The van der Waals surface area contributed by atoms with Crippen molar-refractivity contribution in [2.75, 3.05) is 78.9 Å². The molecule has 2 N–H and O–H groups in total. The predicted molar refractivity (Wildman–Crippen MR) is 244 cm³/mol. The van der Waals surface area contributed by atoms with Crippen LogP contribution < -0.4 is 18.9 Å². The SMILES string of the molecule is Cc1cc([N+](=O)[O-])ccc1Oc1ccnc2cc(OCCCN3CCOCC3)c(CO)cc12.Cc1ccc(Oc2ccnc3cc(OCCCN4CCOCC4)c(CO)cc23)c(C)c1. The van der Waals surface area contributed by atoms with Gasteiger partial charge in [0.1, 0.15) is 34.5 Å². The van der Waals surface area contributed by atoms with E-state index in [-0.39, 0.29) is 18.9 Å². The molecule has 0 unspecified atom stereocenters. The highest BCUT2D eigenvalue weighted by molar-refractivity contribution is 5.88. The van der Waals surface area contributed by atoms with Crippen molar-refractivity contribution in [3.8, 4) is 34.5 Å². The molecule has 4 heterocycles. The summed E-state index contributed by atoms with van der Waals surface area (Å²) in [5.74, 6) is 3.86. The second kappa shape index (κ2) is 22.6. The number of nitro benzene ring substituents is 1. The molecule has 0 amide bonds. The van der Waals surface area contributed by atoms with Crippen LogP contribution in [0.25, 0.3) is 21.8 Å². The molecule has 2 saturated heterocycles. The number of hydrogen-bond acceptors (Lipinski definition) is 14. The Morgan fingerprint density at radius 1 is 0.609 bits per heavy atom. The van der Waals surface area contributed by atoms with Gasteiger partial charge in [-0.3, -0.25) is 29.9 Å². The molecule has 6 aromatic rings. The van der Waals surface area contributed by atoms with Gasteiger partial charge in [0, 0.05) is 97.8 Å². The number of benzene rings is 4. The van der Waals surface area contributed by atoms with Gasteiger partial charge >= 0.3 is 0 Å². The number of fused-ring (bicyclic) bond motifs is 2. The predicted octanol–water partition coefficient (Wildman–Crippen LogP) is 8.07. The number of aliphatic hydroxyl groups is 2. The number of rotatable bonds is 17. The fourth-order valence-corrected chi connectivity index (χ4v) is 7.68. The number of aromatic nitrogens is 2. The monoisotopic (exact) mass is 875 g/mol. The van der Waals surface area contributed by atoms with E-state index in [0.717, 1.165) is 112 Å². The van der Waals surface area contributed by atoms with Gasteiger partial charge in [-0.05, 0) is 81.1 Å². The molecular formula is C49H57N5O10. The Balaban J connectivity index is 0.000000192. The van der Waals surface area contributed by atoms with E-state index in [1.165, 1.54) is 17.7 Å². The van der Waals surface area contributed by atoms with Crippen LogP contribution in [0.4, 0.5) is 5.69 Å². The van der Waals surface area contributed by atoms with Crippen molar-refractivity contribution >= 4 is 27.5 Å². The highest BCUT2D eigenvalue weighted by Crippen LogP contribution is 2.37. The van der Waals surface area contributed by atoms with Gasteiger partial charge in [-0.2, -0.15) is 0 Å². The molecule has 0 radical (unpaired) electrons. The van der Waals surface area contributed by atoms with Crippen molar-refractivity contribution in [1.29, 1.82) is 0 Å². The zero-order valence-corrected chi connectivity index (χ0v) is 36.8. The Bertz CT molecular complexity index is 2510. The number of nitro groups is 1. The van der Waals surface area contributed by atoms with E-state index in [1.807, 2.05) is 49.4 Å². The van der Waals surface area contributed by atoms with Crippen LogP contribution in [0, 0.1) is 30.9 Å². The average Bonchev–Trinajstić information content (AvgIpc) is 3.31. The van der Waals surface area contributed by atoms with Gasteiger partial charge in [-0.25, -0.2) is 0 Å². The molecule has 2 aromatic heterocycles. The number of non-ortho nitro benzene ring substituents is 1. The van der Waals surface area contributed by atoms with Gasteiger partial charge in [-0.15, -0.1) is 0 Å². The van der Waals surface area contributed by atoms with Crippen molar-refractivity contribution < 1.29 is 43.6 Å². The molecule has 15 heteroatoms. The van der Waals surface area contributed by atoms with Crippen LogP contribution in [0.2, 0.25) is 0 Å². The first-order valence-corrected chi connectivity index (χ1v) is 21.8. The van der Waals surface area contributed by atoms with Crippen LogP contribution in [-0.2, 0) is 22.7 Å². The molecule has 64 heavy (non-hydrogen) atoms. The molecule has 0 saturated carbocycles. The zero-order chi connectivity index (χ0) is 44.8. The van der Waals surface area contributed by atoms with Gasteiger partial charge in [0.05, 0.1) is 68.8 Å². The summed E-state index contributed by atoms with van der Waals surface area (Å²) in [6.45, 7) is 15.6. The van der Waals surface area contributed by atoms with E-state index in [2.05, 4.69) is 32.8 Å². The van der Waals surface area contributed by atoms with Crippen LogP contribution in [0.5, 0.6) is 34.5 Å². The maximum atomic E-state index is 11.0. The molecule has 338 valence electrons. The Morgan fingerprint density at radius 3 is 1.52 bits per heavy atom. The number of nitrogens with zero attached hydrogens (tertiary/aromatic N) is 5. The average molecular weight is 876 g/mol. The number of pyridine rings is 2. The van der Waals surface area contributed by atoms with Crippen LogP contribution in [0.15, 0.2) is 85.2 Å². The molecule has 2 fully saturated rings. The second-order valence-electron chi connectivity index (χ2n) is 15.9. The summed E-state index contributed by atoms with van der Waals surface area (Å²) >= 11 is 0. The lowest BCUT2D eigenvalue weighted by Gasteiger charge is -2.26. The van der Waals surface area contributed by atoms with E-state index in [0.29, 0.717) is 58.6 Å². The number of hydrogen-bond donors (Lipinski definition) is 2. The van der Waals surface area contributed by atoms with E-state index in [1.54, 1.807) is 31.5 Å². The van der Waals surface area contributed by atoms with Gasteiger partial charge in [0.15, 0.2) is 0 Å².